The van der Waals surface area contributed by atoms with E-state index in [9.17, 15) is 18.8 Å². The summed E-state index contributed by atoms with van der Waals surface area (Å²) in [5.74, 6) is -1.13. The van der Waals surface area contributed by atoms with Gasteiger partial charge in [-0.05, 0) is 31.0 Å². The lowest BCUT2D eigenvalue weighted by Gasteiger charge is -2.23. The Morgan fingerprint density at radius 2 is 1.94 bits per heavy atom. The Hall–Kier alpha value is -3.69. The minimum absolute atomic E-state index is 0.0198. The van der Waals surface area contributed by atoms with Crippen molar-refractivity contribution < 1.29 is 9.18 Å². The number of nitrogens with zero attached hydrogens (tertiary/aromatic N) is 4. The fraction of sp³-hybridized carbons (Fsp3) is 0.333. The highest BCUT2D eigenvalue weighted by Crippen LogP contribution is 2.21. The Bertz CT molecular complexity index is 1200. The largest absolute Gasteiger partial charge is 0.383 e. The van der Waals surface area contributed by atoms with Crippen LogP contribution in [0.3, 0.4) is 0 Å². The second kappa shape index (κ2) is 9.41. The second-order valence-corrected chi connectivity index (χ2v) is 7.05. The van der Waals surface area contributed by atoms with Gasteiger partial charge in [-0.25, -0.2) is 13.9 Å². The zero-order chi connectivity index (χ0) is 22.5. The molecule has 10 heteroatoms. The van der Waals surface area contributed by atoms with E-state index in [0.29, 0.717) is 19.4 Å². The van der Waals surface area contributed by atoms with Crippen molar-refractivity contribution >= 4 is 17.4 Å². The molecule has 0 bridgehead atoms. The lowest BCUT2D eigenvalue weighted by molar-refractivity contribution is 0.0981. The molecule has 0 aliphatic rings. The van der Waals surface area contributed by atoms with Gasteiger partial charge >= 0.3 is 5.69 Å². The first-order valence-electron chi connectivity index (χ1n) is 10.1. The number of nitrogens with two attached hydrogens (primary N) is 1. The summed E-state index contributed by atoms with van der Waals surface area (Å²) in [7, 11) is 0. The van der Waals surface area contributed by atoms with Crippen LogP contribution in [-0.2, 0) is 6.54 Å². The van der Waals surface area contributed by atoms with Crippen LogP contribution in [0.5, 0.6) is 0 Å². The van der Waals surface area contributed by atoms with E-state index in [1.165, 1.54) is 38.5 Å². The summed E-state index contributed by atoms with van der Waals surface area (Å²) in [4.78, 5) is 41.5. The second-order valence-electron chi connectivity index (χ2n) is 7.05. The molecule has 0 spiro atoms. The Kier molecular flexibility index (Phi) is 6.68. The van der Waals surface area contributed by atoms with E-state index >= 15 is 0 Å². The summed E-state index contributed by atoms with van der Waals surface area (Å²) in [6, 6.07) is 7.49. The van der Waals surface area contributed by atoms with Gasteiger partial charge in [0, 0.05) is 19.3 Å². The highest BCUT2D eigenvalue weighted by molar-refractivity contribution is 6.06. The third-order valence-electron chi connectivity index (χ3n) is 4.82. The zero-order valence-electron chi connectivity index (χ0n) is 17.5. The number of hydrogen-bond donors (Lipinski definition) is 2. The summed E-state index contributed by atoms with van der Waals surface area (Å²) < 4.78 is 16.6. The lowest BCUT2D eigenvalue weighted by Crippen LogP contribution is -2.41. The number of para-hydroxylation sites is 1. The van der Waals surface area contributed by atoms with Crippen molar-refractivity contribution in [3.8, 4) is 5.69 Å². The molecule has 2 heterocycles. The van der Waals surface area contributed by atoms with Gasteiger partial charge in [0.1, 0.15) is 17.3 Å². The van der Waals surface area contributed by atoms with Crippen LogP contribution in [0.15, 0.2) is 46.1 Å². The van der Waals surface area contributed by atoms with Gasteiger partial charge in [0.2, 0.25) is 0 Å². The highest BCUT2D eigenvalue weighted by atomic mass is 19.1. The summed E-state index contributed by atoms with van der Waals surface area (Å²) in [5.41, 5.74) is 4.90. The number of hydrogen-bond acceptors (Lipinski definition) is 5. The van der Waals surface area contributed by atoms with Crippen molar-refractivity contribution in [2.75, 3.05) is 17.2 Å². The first-order chi connectivity index (χ1) is 14.9. The molecule has 0 aliphatic carbocycles. The number of benzene rings is 1. The van der Waals surface area contributed by atoms with Crippen LogP contribution in [0.4, 0.5) is 15.9 Å². The number of rotatable bonds is 8. The number of halogens is 1. The third-order valence-corrected chi connectivity index (χ3v) is 4.82. The maximum Gasteiger partial charge on any atom is 0.330 e. The summed E-state index contributed by atoms with van der Waals surface area (Å²) >= 11 is 0. The molecule has 1 aromatic carbocycles. The zero-order valence-corrected chi connectivity index (χ0v) is 17.5. The van der Waals surface area contributed by atoms with Gasteiger partial charge in [-0.1, -0.05) is 32.4 Å². The number of nitrogens with one attached hydrogen (secondary N) is 1. The lowest BCUT2D eigenvalue weighted by atomic mass is 10.2. The Morgan fingerprint density at radius 1 is 1.19 bits per heavy atom. The number of aromatic nitrogens is 4. The van der Waals surface area contributed by atoms with Gasteiger partial charge in [-0.2, -0.15) is 5.10 Å². The van der Waals surface area contributed by atoms with Crippen LogP contribution in [0, 0.1) is 5.82 Å². The molecule has 0 saturated heterocycles. The number of anilines is 2. The number of carbonyl (C=O) groups excluding carboxylic acids is 1. The van der Waals surface area contributed by atoms with Gasteiger partial charge in [-0.3, -0.25) is 24.0 Å². The molecule has 0 atom stereocenters. The van der Waals surface area contributed by atoms with E-state index in [4.69, 9.17) is 5.73 Å². The van der Waals surface area contributed by atoms with Crippen molar-refractivity contribution in [2.24, 2.45) is 0 Å². The quantitative estimate of drug-likeness (QED) is 0.571. The Balaban J connectivity index is 2.06. The van der Waals surface area contributed by atoms with E-state index in [1.54, 1.807) is 12.1 Å². The number of nitrogen functional groups attached to an aromatic ring is 1. The van der Waals surface area contributed by atoms with Gasteiger partial charge in [-0.15, -0.1) is 0 Å². The molecule has 0 fully saturated rings. The number of H-pyrrole nitrogens is 1. The fourth-order valence-electron chi connectivity index (χ4n) is 3.26. The molecule has 0 saturated carbocycles. The molecule has 2 aromatic heterocycles. The van der Waals surface area contributed by atoms with E-state index < -0.39 is 23.0 Å². The highest BCUT2D eigenvalue weighted by Gasteiger charge is 2.26. The maximum absolute atomic E-state index is 14.1. The standard InChI is InChI=1S/C21H25FN6O3/c1-3-5-12-26(17-18(23)27(11-4-2)21(31)24-19(17)29)20(30)15-10-13-28(25-15)16-9-7-6-8-14(16)22/h6-10,13H,3-5,11-12,23H2,1-2H3,(H,24,29,31). The number of unbranched alkanes of at least 4 members (excludes halogenated alkanes) is 1. The monoisotopic (exact) mass is 428 g/mol. The van der Waals surface area contributed by atoms with Crippen molar-refractivity contribution in [2.45, 2.75) is 39.7 Å². The predicted molar refractivity (Wildman–Crippen MR) is 116 cm³/mol. The van der Waals surface area contributed by atoms with Crippen molar-refractivity contribution in [3.63, 3.8) is 0 Å². The van der Waals surface area contributed by atoms with E-state index in [-0.39, 0.29) is 29.4 Å². The van der Waals surface area contributed by atoms with Crippen LogP contribution >= 0.6 is 0 Å². The average molecular weight is 428 g/mol. The molecule has 3 N–H and O–H groups in total. The van der Waals surface area contributed by atoms with Crippen LogP contribution in [0.1, 0.15) is 43.6 Å². The van der Waals surface area contributed by atoms with Gasteiger partial charge < -0.3 is 5.73 Å². The number of aromatic amines is 1. The summed E-state index contributed by atoms with van der Waals surface area (Å²) in [5, 5.41) is 4.20. The van der Waals surface area contributed by atoms with Crippen LogP contribution in [0.2, 0.25) is 0 Å². The smallest absolute Gasteiger partial charge is 0.330 e. The summed E-state index contributed by atoms with van der Waals surface area (Å²) in [6.45, 7) is 4.32. The minimum Gasteiger partial charge on any atom is -0.383 e. The first-order valence-corrected chi connectivity index (χ1v) is 10.1. The molecule has 0 unspecified atom stereocenters. The summed E-state index contributed by atoms with van der Waals surface area (Å²) in [6.07, 6.45) is 3.45. The maximum atomic E-state index is 14.1. The molecule has 0 radical (unpaired) electrons. The predicted octanol–water partition coefficient (Wildman–Crippen LogP) is 2.30. The van der Waals surface area contributed by atoms with Crippen molar-refractivity contribution in [3.05, 3.63) is 68.9 Å². The van der Waals surface area contributed by atoms with Crippen LogP contribution < -0.4 is 21.9 Å². The van der Waals surface area contributed by atoms with E-state index in [0.717, 1.165) is 6.42 Å². The molecule has 1 amide bonds. The third kappa shape index (κ3) is 4.42. The van der Waals surface area contributed by atoms with Crippen LogP contribution in [0.25, 0.3) is 5.69 Å². The molecule has 3 aromatic rings. The van der Waals surface area contributed by atoms with Gasteiger partial charge in [0.25, 0.3) is 11.5 Å². The average Bonchev–Trinajstić information content (AvgIpc) is 3.23. The Labute approximate surface area is 177 Å². The Morgan fingerprint density at radius 3 is 2.61 bits per heavy atom. The molecule has 164 valence electrons. The molecule has 3 rings (SSSR count). The fourth-order valence-corrected chi connectivity index (χ4v) is 3.26. The normalized spacial score (nSPS) is 10.9. The first kappa shape index (κ1) is 22.0. The number of carbonyl (C=O) groups is 1. The van der Waals surface area contributed by atoms with Gasteiger partial charge in [0.05, 0.1) is 0 Å². The molecule has 0 aliphatic heterocycles. The molecular formula is C21H25FN6O3. The van der Waals surface area contributed by atoms with E-state index in [2.05, 4.69) is 10.1 Å². The van der Waals surface area contributed by atoms with Crippen LogP contribution in [-0.4, -0.2) is 31.8 Å². The molecule has 9 nitrogen and oxygen atoms in total. The SMILES string of the molecule is CCCCN(C(=O)c1ccn(-c2ccccc2F)n1)c1c(N)n(CCC)c(=O)[nH]c1=O. The van der Waals surface area contributed by atoms with Crippen molar-refractivity contribution in [1.29, 1.82) is 0 Å². The van der Waals surface area contributed by atoms with Crippen molar-refractivity contribution in [1.82, 2.24) is 19.3 Å². The van der Waals surface area contributed by atoms with Gasteiger partial charge in [0.15, 0.2) is 11.4 Å². The topological polar surface area (TPSA) is 119 Å². The molecule has 31 heavy (non-hydrogen) atoms. The number of amides is 1. The minimum atomic E-state index is -0.743. The molecular weight excluding hydrogens is 403 g/mol. The van der Waals surface area contributed by atoms with E-state index in [1.807, 2.05) is 13.8 Å².